The fraction of sp³-hybridized carbons (Fsp3) is 0.257. The molecule has 1 aliphatic rings. The van der Waals surface area contributed by atoms with E-state index >= 15 is 0 Å². The standard InChI is InChI=1S/C35H36O7Si/c1-35(2,3)43(27-20-12-6-13-21-27,28-22-14-7-15-23-28)39-24-29-30(41-32(36)25-16-8-4-9-17-25)31(34(38)40-29)42-33(37)26-18-10-5-11-19-26/h4-23,29-31,34,38H,24H2,1-3H3/t29-,30-,31-,34-/m1/s1. The zero-order chi connectivity index (χ0) is 30.5. The van der Waals surface area contributed by atoms with Crippen LogP contribution in [0, 0.1) is 0 Å². The van der Waals surface area contributed by atoms with Gasteiger partial charge in [0.25, 0.3) is 8.32 Å². The summed E-state index contributed by atoms with van der Waals surface area (Å²) in [6.45, 7) is 6.44. The first-order chi connectivity index (χ1) is 20.7. The van der Waals surface area contributed by atoms with Gasteiger partial charge in [0.2, 0.25) is 0 Å². The molecule has 0 aromatic heterocycles. The van der Waals surface area contributed by atoms with Gasteiger partial charge < -0.3 is 23.7 Å². The second-order valence-corrected chi connectivity index (χ2v) is 15.8. The van der Waals surface area contributed by atoms with E-state index in [4.69, 9.17) is 18.6 Å². The Balaban J connectivity index is 1.48. The van der Waals surface area contributed by atoms with Crippen LogP contribution in [0.25, 0.3) is 0 Å². The normalized spacial score (nSPS) is 20.4. The Hall–Kier alpha value is -4.08. The molecule has 1 saturated heterocycles. The quantitative estimate of drug-likeness (QED) is 0.221. The van der Waals surface area contributed by atoms with Crippen LogP contribution in [0.5, 0.6) is 0 Å². The fourth-order valence-electron chi connectivity index (χ4n) is 5.61. The smallest absolute Gasteiger partial charge is 0.338 e. The van der Waals surface area contributed by atoms with Crippen molar-refractivity contribution in [1.82, 2.24) is 0 Å². The van der Waals surface area contributed by atoms with Crippen molar-refractivity contribution in [2.75, 3.05) is 6.61 Å². The molecule has 4 atom stereocenters. The molecule has 1 heterocycles. The van der Waals surface area contributed by atoms with Crippen molar-refractivity contribution < 1.29 is 33.3 Å². The van der Waals surface area contributed by atoms with E-state index in [2.05, 4.69) is 45.0 Å². The van der Waals surface area contributed by atoms with E-state index in [0.29, 0.717) is 11.1 Å². The minimum Gasteiger partial charge on any atom is -0.452 e. The van der Waals surface area contributed by atoms with Crippen molar-refractivity contribution in [1.29, 1.82) is 0 Å². The van der Waals surface area contributed by atoms with Crippen molar-refractivity contribution >= 4 is 30.6 Å². The predicted octanol–water partition coefficient (Wildman–Crippen LogP) is 4.73. The van der Waals surface area contributed by atoms with Gasteiger partial charge in [0.05, 0.1) is 17.7 Å². The van der Waals surface area contributed by atoms with Crippen LogP contribution in [-0.4, -0.2) is 56.6 Å². The van der Waals surface area contributed by atoms with E-state index in [1.54, 1.807) is 60.7 Å². The van der Waals surface area contributed by atoms with Crippen LogP contribution in [0.2, 0.25) is 5.04 Å². The van der Waals surface area contributed by atoms with E-state index in [0.717, 1.165) is 10.4 Å². The first-order valence-corrected chi connectivity index (χ1v) is 16.2. The van der Waals surface area contributed by atoms with Crippen LogP contribution in [-0.2, 0) is 18.6 Å². The lowest BCUT2D eigenvalue weighted by Crippen LogP contribution is -2.67. The third kappa shape index (κ3) is 6.47. The topological polar surface area (TPSA) is 91.3 Å². The summed E-state index contributed by atoms with van der Waals surface area (Å²) in [4.78, 5) is 26.2. The van der Waals surface area contributed by atoms with Gasteiger partial charge in [-0.05, 0) is 39.7 Å². The highest BCUT2D eigenvalue weighted by molar-refractivity contribution is 6.99. The summed E-state index contributed by atoms with van der Waals surface area (Å²) < 4.78 is 24.6. The van der Waals surface area contributed by atoms with Gasteiger partial charge in [-0.1, -0.05) is 118 Å². The van der Waals surface area contributed by atoms with Gasteiger partial charge in [-0.2, -0.15) is 0 Å². The minimum absolute atomic E-state index is 0.0174. The molecule has 0 bridgehead atoms. The molecule has 222 valence electrons. The highest BCUT2D eigenvalue weighted by atomic mass is 28.4. The molecular weight excluding hydrogens is 560 g/mol. The minimum atomic E-state index is -2.99. The number of benzene rings is 4. The molecule has 0 aliphatic carbocycles. The highest BCUT2D eigenvalue weighted by Gasteiger charge is 2.54. The van der Waals surface area contributed by atoms with Crippen molar-refractivity contribution in [2.45, 2.75) is 50.4 Å². The maximum absolute atomic E-state index is 13.2. The Morgan fingerprint density at radius 2 is 1.07 bits per heavy atom. The lowest BCUT2D eigenvalue weighted by atomic mass is 10.1. The third-order valence-electron chi connectivity index (χ3n) is 7.67. The SMILES string of the molecule is CC(C)(C)[Si](OC[C@H]1O[C@@H](O)[C@H](OC(=O)c2ccccc2)[C@@H]1OC(=O)c1ccccc1)(c1ccccc1)c1ccccc1. The van der Waals surface area contributed by atoms with Gasteiger partial charge in [-0.25, -0.2) is 9.59 Å². The Kier molecular flexibility index (Phi) is 9.22. The first kappa shape index (κ1) is 30.4. The molecule has 1 aliphatic heterocycles. The number of hydrogen-bond acceptors (Lipinski definition) is 7. The van der Waals surface area contributed by atoms with Crippen LogP contribution in [0.4, 0.5) is 0 Å². The van der Waals surface area contributed by atoms with Gasteiger partial charge in [-0.15, -0.1) is 0 Å². The van der Waals surface area contributed by atoms with Gasteiger partial charge in [0.1, 0.15) is 6.10 Å². The van der Waals surface area contributed by atoms with Crippen LogP contribution >= 0.6 is 0 Å². The first-order valence-electron chi connectivity index (χ1n) is 14.3. The zero-order valence-corrected chi connectivity index (χ0v) is 25.5. The van der Waals surface area contributed by atoms with Crippen LogP contribution in [0.1, 0.15) is 41.5 Å². The molecule has 0 unspecified atom stereocenters. The average molecular weight is 597 g/mol. The Morgan fingerprint density at radius 3 is 1.49 bits per heavy atom. The summed E-state index contributed by atoms with van der Waals surface area (Å²) in [5, 5.41) is 12.8. The van der Waals surface area contributed by atoms with E-state index < -0.39 is 44.9 Å². The van der Waals surface area contributed by atoms with Crippen molar-refractivity contribution in [3.63, 3.8) is 0 Å². The van der Waals surface area contributed by atoms with Crippen molar-refractivity contribution in [2.24, 2.45) is 0 Å². The van der Waals surface area contributed by atoms with Gasteiger partial charge >= 0.3 is 11.9 Å². The molecule has 8 heteroatoms. The second-order valence-electron chi connectivity index (χ2n) is 11.5. The van der Waals surface area contributed by atoms with E-state index in [1.165, 1.54) is 0 Å². The molecule has 1 N–H and O–H groups in total. The summed E-state index contributed by atoms with van der Waals surface area (Å²) in [6.07, 6.45) is -4.85. The van der Waals surface area contributed by atoms with Gasteiger partial charge in [0.15, 0.2) is 18.5 Å². The number of rotatable bonds is 9. The maximum atomic E-state index is 13.2. The molecule has 1 fully saturated rings. The Labute approximate surface area is 253 Å². The second kappa shape index (κ2) is 13.1. The van der Waals surface area contributed by atoms with Crippen molar-refractivity contribution in [3.8, 4) is 0 Å². The van der Waals surface area contributed by atoms with E-state index in [-0.39, 0.29) is 11.6 Å². The third-order valence-corrected chi connectivity index (χ3v) is 12.7. The molecule has 4 aromatic rings. The molecule has 0 spiro atoms. The van der Waals surface area contributed by atoms with Gasteiger partial charge in [-0.3, -0.25) is 0 Å². The molecule has 0 saturated carbocycles. The number of esters is 2. The molecule has 43 heavy (non-hydrogen) atoms. The lowest BCUT2D eigenvalue weighted by Gasteiger charge is -2.43. The largest absolute Gasteiger partial charge is 0.452 e. The molecule has 5 rings (SSSR count). The summed E-state index contributed by atoms with van der Waals surface area (Å²) in [5.41, 5.74) is 0.624. The van der Waals surface area contributed by atoms with Crippen LogP contribution in [0.3, 0.4) is 0 Å². The summed E-state index contributed by atoms with van der Waals surface area (Å²) in [5.74, 6) is -1.29. The number of carbonyl (C=O) groups is 2. The fourth-order valence-corrected chi connectivity index (χ4v) is 10.2. The highest BCUT2D eigenvalue weighted by Crippen LogP contribution is 2.38. The molecule has 7 nitrogen and oxygen atoms in total. The number of aliphatic hydroxyl groups is 1. The Morgan fingerprint density at radius 1 is 0.674 bits per heavy atom. The zero-order valence-electron chi connectivity index (χ0n) is 24.5. The Bertz CT molecular complexity index is 1450. The summed E-state index contributed by atoms with van der Waals surface area (Å²) in [7, 11) is -2.99. The molecule has 4 aromatic carbocycles. The molecule has 0 amide bonds. The predicted molar refractivity (Wildman–Crippen MR) is 166 cm³/mol. The number of hydrogen-bond donors (Lipinski definition) is 1. The van der Waals surface area contributed by atoms with E-state index in [1.807, 2.05) is 36.4 Å². The number of aliphatic hydroxyl groups excluding tert-OH is 1. The molecule has 0 radical (unpaired) electrons. The lowest BCUT2D eigenvalue weighted by molar-refractivity contribution is -0.134. The van der Waals surface area contributed by atoms with Crippen molar-refractivity contribution in [3.05, 3.63) is 132 Å². The number of carbonyl (C=O) groups excluding carboxylic acids is 2. The van der Waals surface area contributed by atoms with E-state index in [9.17, 15) is 14.7 Å². The van der Waals surface area contributed by atoms with Gasteiger partial charge in [0, 0.05) is 0 Å². The monoisotopic (exact) mass is 596 g/mol. The van der Waals surface area contributed by atoms with Crippen LogP contribution < -0.4 is 10.4 Å². The number of ether oxygens (including phenoxy) is 3. The summed E-state index contributed by atoms with van der Waals surface area (Å²) >= 11 is 0. The van der Waals surface area contributed by atoms with Crippen LogP contribution in [0.15, 0.2) is 121 Å². The summed E-state index contributed by atoms with van der Waals surface area (Å²) in [6, 6.07) is 37.2. The molecular formula is C35H36O7Si. The maximum Gasteiger partial charge on any atom is 0.338 e. The average Bonchev–Trinajstić information content (AvgIpc) is 3.31.